The number of anilines is 2. The summed E-state index contributed by atoms with van der Waals surface area (Å²) in [5, 5.41) is 4.26. The van der Waals surface area contributed by atoms with E-state index in [-0.39, 0.29) is 5.78 Å². The summed E-state index contributed by atoms with van der Waals surface area (Å²) in [5.41, 5.74) is 6.48. The van der Waals surface area contributed by atoms with Crippen molar-refractivity contribution in [3.05, 3.63) is 4.88 Å². The van der Waals surface area contributed by atoms with Gasteiger partial charge in [0.1, 0.15) is 5.00 Å². The van der Waals surface area contributed by atoms with Crippen LogP contribution in [-0.4, -0.2) is 44.0 Å². The molecule has 0 radical (unpaired) electrons. The Hall–Kier alpha value is -1.27. The molecule has 1 aliphatic heterocycles. The first kappa shape index (κ1) is 15.1. The predicted octanol–water partition coefficient (Wildman–Crippen LogP) is 2.44. The third kappa shape index (κ3) is 2.91. The maximum atomic E-state index is 11.9. The van der Waals surface area contributed by atoms with E-state index in [1.54, 1.807) is 7.11 Å². The highest BCUT2D eigenvalue weighted by molar-refractivity contribution is 7.19. The van der Waals surface area contributed by atoms with E-state index in [4.69, 9.17) is 10.5 Å². The molecule has 0 spiro atoms. The summed E-state index contributed by atoms with van der Waals surface area (Å²) >= 11 is 1.40. The van der Waals surface area contributed by atoms with Crippen LogP contribution in [0.15, 0.2) is 0 Å². The second-order valence-corrected chi connectivity index (χ2v) is 6.16. The van der Waals surface area contributed by atoms with Crippen molar-refractivity contribution in [2.24, 2.45) is 0 Å². The number of nitrogens with one attached hydrogen (secondary N) is 1. The average Bonchev–Trinajstić information content (AvgIpc) is 2.99. The van der Waals surface area contributed by atoms with Gasteiger partial charge < -0.3 is 20.7 Å². The Morgan fingerprint density at radius 2 is 2.35 bits per heavy atom. The van der Waals surface area contributed by atoms with E-state index in [0.717, 1.165) is 18.1 Å². The molecule has 1 unspecified atom stereocenters. The highest BCUT2D eigenvalue weighted by Crippen LogP contribution is 2.43. The van der Waals surface area contributed by atoms with E-state index in [1.807, 2.05) is 6.92 Å². The van der Waals surface area contributed by atoms with Crippen molar-refractivity contribution in [3.63, 3.8) is 0 Å². The highest BCUT2D eigenvalue weighted by atomic mass is 32.1. The van der Waals surface area contributed by atoms with Gasteiger partial charge in [0.25, 0.3) is 0 Å². The number of carbonyl (C=O) groups is 1. The number of likely N-dealkylation sites (N-methyl/N-ethyl adjacent to an activating group) is 1. The number of hydrogen-bond acceptors (Lipinski definition) is 6. The van der Waals surface area contributed by atoms with Gasteiger partial charge in [-0.25, -0.2) is 0 Å². The zero-order chi connectivity index (χ0) is 14.7. The van der Waals surface area contributed by atoms with Crippen molar-refractivity contribution in [3.8, 4) is 5.75 Å². The van der Waals surface area contributed by atoms with Crippen LogP contribution in [0.2, 0.25) is 0 Å². The number of nitrogens with two attached hydrogens (primary N) is 1. The lowest BCUT2D eigenvalue weighted by molar-refractivity contribution is 0.0992. The Morgan fingerprint density at radius 3 is 2.90 bits per heavy atom. The van der Waals surface area contributed by atoms with Crippen LogP contribution < -0.4 is 15.8 Å². The average molecular weight is 297 g/mol. The number of nitrogen functional groups attached to an aromatic ring is 1. The van der Waals surface area contributed by atoms with Gasteiger partial charge >= 0.3 is 0 Å². The van der Waals surface area contributed by atoms with Gasteiger partial charge in [0.2, 0.25) is 0 Å². The van der Waals surface area contributed by atoms with Crippen molar-refractivity contribution in [1.29, 1.82) is 0 Å². The number of ether oxygens (including phenoxy) is 1. The van der Waals surface area contributed by atoms with Crippen LogP contribution in [0.5, 0.6) is 5.75 Å². The molecule has 0 saturated carbocycles. The molecule has 1 fully saturated rings. The smallest absolute Gasteiger partial charge is 0.176 e. The molecule has 0 bridgehead atoms. The number of thiophene rings is 1. The van der Waals surface area contributed by atoms with E-state index in [2.05, 4.69) is 17.3 Å². The van der Waals surface area contributed by atoms with E-state index in [0.29, 0.717) is 28.8 Å². The number of carbonyl (C=O) groups excluding carboxylic acids is 1. The number of likely N-dealkylation sites (tertiary alicyclic amines) is 1. The van der Waals surface area contributed by atoms with Gasteiger partial charge in [-0.3, -0.25) is 4.79 Å². The molecule has 0 aromatic carbocycles. The number of ketones is 1. The summed E-state index contributed by atoms with van der Waals surface area (Å²) < 4.78 is 5.35. The van der Waals surface area contributed by atoms with Crippen LogP contribution in [-0.2, 0) is 0 Å². The van der Waals surface area contributed by atoms with Crippen LogP contribution in [0.1, 0.15) is 35.9 Å². The zero-order valence-electron chi connectivity index (χ0n) is 12.4. The molecule has 112 valence electrons. The van der Waals surface area contributed by atoms with E-state index >= 15 is 0 Å². The number of methoxy groups -OCH3 is 1. The minimum atomic E-state index is 0.0665. The molecule has 5 nitrogen and oxygen atoms in total. The molecule has 1 atom stereocenters. The number of nitrogens with zero attached hydrogens (tertiary/aromatic N) is 1. The molecule has 2 rings (SSSR count). The summed E-state index contributed by atoms with van der Waals surface area (Å²) in [6, 6.07) is 0.536. The predicted molar refractivity (Wildman–Crippen MR) is 84.0 cm³/mol. The second kappa shape index (κ2) is 6.45. The summed E-state index contributed by atoms with van der Waals surface area (Å²) in [6.45, 7) is 3.84. The van der Waals surface area contributed by atoms with Crippen LogP contribution >= 0.6 is 11.3 Å². The van der Waals surface area contributed by atoms with E-state index < -0.39 is 0 Å². The van der Waals surface area contributed by atoms with Crippen molar-refractivity contribution in [2.75, 3.05) is 38.3 Å². The molecule has 3 N–H and O–H groups in total. The Labute approximate surface area is 124 Å². The Morgan fingerprint density at radius 1 is 1.60 bits per heavy atom. The maximum absolute atomic E-state index is 11.9. The first-order chi connectivity index (χ1) is 9.58. The highest BCUT2D eigenvalue weighted by Gasteiger charge is 2.24. The quantitative estimate of drug-likeness (QED) is 0.789. The molecule has 0 aliphatic carbocycles. The molecular formula is C14H23N3O2S. The fourth-order valence-electron chi connectivity index (χ4n) is 2.56. The summed E-state index contributed by atoms with van der Waals surface area (Å²) in [5.74, 6) is 0.671. The van der Waals surface area contributed by atoms with Gasteiger partial charge in [-0.1, -0.05) is 6.92 Å². The molecule has 2 heterocycles. The Bertz CT molecular complexity index is 487. The normalized spacial score (nSPS) is 19.2. The van der Waals surface area contributed by atoms with Crippen LogP contribution in [0, 0.1) is 0 Å². The third-order valence-electron chi connectivity index (χ3n) is 3.85. The van der Waals surface area contributed by atoms with Crippen molar-refractivity contribution >= 4 is 27.8 Å². The third-order valence-corrected chi connectivity index (χ3v) is 5.03. The number of Topliss-reactive ketones (excluding diaryl/α,β-unsaturated/α-hetero) is 1. The van der Waals surface area contributed by atoms with Crippen LogP contribution in [0.4, 0.5) is 10.7 Å². The number of rotatable bonds is 6. The lowest BCUT2D eigenvalue weighted by Gasteiger charge is -2.20. The maximum Gasteiger partial charge on any atom is 0.176 e. The van der Waals surface area contributed by atoms with Crippen molar-refractivity contribution in [1.82, 2.24) is 4.90 Å². The van der Waals surface area contributed by atoms with Crippen LogP contribution in [0.25, 0.3) is 0 Å². The first-order valence-corrected chi connectivity index (χ1v) is 7.83. The monoisotopic (exact) mass is 297 g/mol. The SMILES string of the molecule is CCC(=O)c1sc(NCC2CCCN2C)c(OC)c1N. The molecule has 1 aromatic heterocycles. The second-order valence-electron chi connectivity index (χ2n) is 5.14. The topological polar surface area (TPSA) is 67.6 Å². The Balaban J connectivity index is 2.12. The molecule has 6 heteroatoms. The van der Waals surface area contributed by atoms with Crippen LogP contribution in [0.3, 0.4) is 0 Å². The summed E-state index contributed by atoms with van der Waals surface area (Å²) in [7, 11) is 3.73. The minimum absolute atomic E-state index is 0.0665. The summed E-state index contributed by atoms with van der Waals surface area (Å²) in [6.07, 6.45) is 2.90. The van der Waals surface area contributed by atoms with Gasteiger partial charge in [-0.05, 0) is 26.4 Å². The van der Waals surface area contributed by atoms with Gasteiger partial charge in [0, 0.05) is 19.0 Å². The molecule has 20 heavy (non-hydrogen) atoms. The zero-order valence-corrected chi connectivity index (χ0v) is 13.2. The molecule has 1 aromatic rings. The minimum Gasteiger partial charge on any atom is -0.492 e. The molecule has 0 amide bonds. The van der Waals surface area contributed by atoms with Gasteiger partial charge in [-0.2, -0.15) is 0 Å². The largest absolute Gasteiger partial charge is 0.492 e. The Kier molecular flexibility index (Phi) is 4.88. The molecule has 1 saturated heterocycles. The molecule has 1 aliphatic rings. The summed E-state index contributed by atoms with van der Waals surface area (Å²) in [4.78, 5) is 14.8. The standard InChI is InChI=1S/C14H23N3O2S/c1-4-10(18)13-11(15)12(19-3)14(20-13)16-8-9-6-5-7-17(9)2/h9,16H,4-8,15H2,1-3H3. The first-order valence-electron chi connectivity index (χ1n) is 7.02. The van der Waals surface area contributed by atoms with Gasteiger partial charge in [0.05, 0.1) is 17.7 Å². The van der Waals surface area contributed by atoms with Crippen molar-refractivity contribution < 1.29 is 9.53 Å². The molecular weight excluding hydrogens is 274 g/mol. The van der Waals surface area contributed by atoms with E-state index in [9.17, 15) is 4.79 Å². The lowest BCUT2D eigenvalue weighted by atomic mass is 10.2. The van der Waals surface area contributed by atoms with Gasteiger partial charge in [0.15, 0.2) is 11.5 Å². The van der Waals surface area contributed by atoms with Crippen molar-refractivity contribution in [2.45, 2.75) is 32.2 Å². The fraction of sp³-hybridized carbons (Fsp3) is 0.643. The van der Waals surface area contributed by atoms with E-state index in [1.165, 1.54) is 24.2 Å². The van der Waals surface area contributed by atoms with Gasteiger partial charge in [-0.15, -0.1) is 11.3 Å². The lowest BCUT2D eigenvalue weighted by Crippen LogP contribution is -2.31. The number of hydrogen-bond donors (Lipinski definition) is 2. The fourth-order valence-corrected chi connectivity index (χ4v) is 3.67.